The van der Waals surface area contributed by atoms with Gasteiger partial charge in [-0.2, -0.15) is 4.31 Å². The number of halogens is 1. The summed E-state index contributed by atoms with van der Waals surface area (Å²) < 4.78 is 27.0. The van der Waals surface area contributed by atoms with Gasteiger partial charge in [0.15, 0.2) is 0 Å². The van der Waals surface area contributed by atoms with E-state index in [-0.39, 0.29) is 18.3 Å². The summed E-state index contributed by atoms with van der Waals surface area (Å²) >= 11 is 0. The van der Waals surface area contributed by atoms with Crippen LogP contribution in [0.5, 0.6) is 0 Å². The molecule has 0 aromatic heterocycles. The Labute approximate surface area is 163 Å². The largest absolute Gasteiger partial charge is 0.339 e. The van der Waals surface area contributed by atoms with Crippen molar-refractivity contribution in [3.63, 3.8) is 0 Å². The van der Waals surface area contributed by atoms with Crippen molar-refractivity contribution in [3.8, 4) is 0 Å². The molecule has 1 aromatic carbocycles. The van der Waals surface area contributed by atoms with E-state index in [1.54, 1.807) is 17.0 Å². The van der Waals surface area contributed by atoms with Gasteiger partial charge in [-0.15, -0.1) is 12.4 Å². The predicted molar refractivity (Wildman–Crippen MR) is 106 cm³/mol. The Hall–Kier alpha value is -1.15. The highest BCUT2D eigenvalue weighted by atomic mass is 35.5. The Bertz CT molecular complexity index is 671. The van der Waals surface area contributed by atoms with E-state index < -0.39 is 16.1 Å². The van der Waals surface area contributed by atoms with Crippen LogP contribution in [-0.2, 0) is 21.2 Å². The van der Waals surface area contributed by atoms with Gasteiger partial charge in [-0.05, 0) is 30.5 Å². The predicted octanol–water partition coefficient (Wildman–Crippen LogP) is 2.02. The maximum atomic E-state index is 12.8. The van der Waals surface area contributed by atoms with Gasteiger partial charge in [-0.3, -0.25) is 4.79 Å². The van der Waals surface area contributed by atoms with Crippen LogP contribution in [0.1, 0.15) is 38.7 Å². The molecule has 26 heavy (non-hydrogen) atoms. The van der Waals surface area contributed by atoms with Crippen LogP contribution in [0.4, 0.5) is 0 Å². The van der Waals surface area contributed by atoms with E-state index in [2.05, 4.69) is 6.92 Å². The van der Waals surface area contributed by atoms with Crippen LogP contribution in [0.3, 0.4) is 0 Å². The number of rotatable bonds is 7. The smallest absolute Gasteiger partial charge is 0.243 e. The van der Waals surface area contributed by atoms with Gasteiger partial charge in [-0.1, -0.05) is 38.8 Å². The van der Waals surface area contributed by atoms with E-state index >= 15 is 0 Å². The number of benzene rings is 1. The molecule has 1 fully saturated rings. The average molecular weight is 404 g/mol. The third-order valence-electron chi connectivity index (χ3n) is 4.57. The second-order valence-corrected chi connectivity index (χ2v) is 8.46. The molecule has 6 nitrogen and oxygen atoms in total. The van der Waals surface area contributed by atoms with E-state index in [1.165, 1.54) is 4.31 Å². The lowest BCUT2D eigenvalue weighted by Gasteiger charge is -2.35. The summed E-state index contributed by atoms with van der Waals surface area (Å²) in [7, 11) is -3.51. The first kappa shape index (κ1) is 22.9. The molecule has 1 amide bonds. The van der Waals surface area contributed by atoms with Gasteiger partial charge in [0.1, 0.15) is 0 Å². The van der Waals surface area contributed by atoms with Crippen molar-refractivity contribution >= 4 is 28.3 Å². The molecule has 1 aliphatic rings. The number of amides is 1. The molecule has 2 N–H and O–H groups in total. The number of nitrogens with two attached hydrogens (primary N) is 1. The van der Waals surface area contributed by atoms with Crippen molar-refractivity contribution in [2.45, 2.75) is 50.5 Å². The molecule has 1 aliphatic heterocycles. The number of hydrogen-bond donors (Lipinski definition) is 1. The fourth-order valence-corrected chi connectivity index (χ4v) is 4.51. The minimum absolute atomic E-state index is 0. The number of carbonyl (C=O) groups is 1. The summed E-state index contributed by atoms with van der Waals surface area (Å²) in [5.74, 6) is -0.0807. The lowest BCUT2D eigenvalue weighted by Crippen LogP contribution is -2.54. The standard InChI is InChI=1S/C18H29N3O3S.ClH/c1-3-5-15-7-9-16(10-8-15)25(23,24)21-13-11-20(12-14-21)18(22)17(19)6-4-2;/h7-10,17H,3-6,11-14,19H2,1-2H3;1H. The van der Waals surface area contributed by atoms with Crippen molar-refractivity contribution in [1.29, 1.82) is 0 Å². The van der Waals surface area contributed by atoms with Crippen LogP contribution in [-0.4, -0.2) is 55.8 Å². The zero-order valence-corrected chi connectivity index (χ0v) is 17.2. The summed E-state index contributed by atoms with van der Waals surface area (Å²) in [4.78, 5) is 14.2. The molecule has 0 aliphatic carbocycles. The van der Waals surface area contributed by atoms with Crippen molar-refractivity contribution in [2.75, 3.05) is 26.2 Å². The van der Waals surface area contributed by atoms with Gasteiger partial charge in [0.05, 0.1) is 10.9 Å². The van der Waals surface area contributed by atoms with Gasteiger partial charge in [0, 0.05) is 26.2 Å². The first-order valence-corrected chi connectivity index (χ1v) is 10.5. The molecule has 0 radical (unpaired) electrons. The van der Waals surface area contributed by atoms with Gasteiger partial charge in [-0.25, -0.2) is 8.42 Å². The molecular weight excluding hydrogens is 374 g/mol. The highest BCUT2D eigenvalue weighted by molar-refractivity contribution is 7.89. The SMILES string of the molecule is CCCc1ccc(S(=O)(=O)N2CCN(C(=O)C(N)CCC)CC2)cc1.Cl. The summed E-state index contributed by atoms with van der Waals surface area (Å²) in [5, 5.41) is 0. The van der Waals surface area contributed by atoms with Gasteiger partial charge in [0.2, 0.25) is 15.9 Å². The summed E-state index contributed by atoms with van der Waals surface area (Å²) in [6.07, 6.45) is 3.48. The van der Waals surface area contributed by atoms with E-state index in [0.29, 0.717) is 37.5 Å². The molecule has 1 heterocycles. The van der Waals surface area contributed by atoms with E-state index in [4.69, 9.17) is 5.73 Å². The Morgan fingerprint density at radius 3 is 2.15 bits per heavy atom. The zero-order valence-electron chi connectivity index (χ0n) is 15.6. The molecule has 1 saturated heterocycles. The third kappa shape index (κ3) is 5.42. The van der Waals surface area contributed by atoms with Gasteiger partial charge in [0.25, 0.3) is 0 Å². The Balaban J connectivity index is 0.00000338. The number of nitrogens with zero attached hydrogens (tertiary/aromatic N) is 2. The van der Waals surface area contributed by atoms with Crippen LogP contribution >= 0.6 is 12.4 Å². The summed E-state index contributed by atoms with van der Waals surface area (Å²) in [5.41, 5.74) is 7.03. The number of piperazine rings is 1. The quantitative estimate of drug-likeness (QED) is 0.754. The molecular formula is C18H30ClN3O3S. The normalized spacial score (nSPS) is 16.8. The lowest BCUT2D eigenvalue weighted by atomic mass is 10.1. The number of hydrogen-bond acceptors (Lipinski definition) is 4. The Kier molecular flexibility index (Phi) is 9.03. The minimum atomic E-state index is -3.51. The molecule has 0 spiro atoms. The highest BCUT2D eigenvalue weighted by Gasteiger charge is 2.31. The first-order chi connectivity index (χ1) is 11.9. The van der Waals surface area contributed by atoms with Crippen molar-refractivity contribution in [3.05, 3.63) is 29.8 Å². The van der Waals surface area contributed by atoms with Crippen LogP contribution in [0, 0.1) is 0 Å². The van der Waals surface area contributed by atoms with E-state index in [0.717, 1.165) is 24.8 Å². The molecule has 0 saturated carbocycles. The molecule has 1 unspecified atom stereocenters. The maximum absolute atomic E-state index is 12.8. The van der Waals surface area contributed by atoms with Crippen molar-refractivity contribution in [2.24, 2.45) is 5.73 Å². The third-order valence-corrected chi connectivity index (χ3v) is 6.48. The van der Waals surface area contributed by atoms with Gasteiger partial charge >= 0.3 is 0 Å². The molecule has 0 bridgehead atoms. The summed E-state index contributed by atoms with van der Waals surface area (Å²) in [6.45, 7) is 5.49. The summed E-state index contributed by atoms with van der Waals surface area (Å²) in [6, 6.07) is 6.61. The second-order valence-electron chi connectivity index (χ2n) is 6.52. The van der Waals surface area contributed by atoms with E-state index in [9.17, 15) is 13.2 Å². The minimum Gasteiger partial charge on any atom is -0.339 e. The molecule has 2 rings (SSSR count). The fourth-order valence-electron chi connectivity index (χ4n) is 3.08. The maximum Gasteiger partial charge on any atom is 0.243 e. The highest BCUT2D eigenvalue weighted by Crippen LogP contribution is 2.19. The van der Waals surface area contributed by atoms with Crippen molar-refractivity contribution < 1.29 is 13.2 Å². The topological polar surface area (TPSA) is 83.7 Å². The Morgan fingerprint density at radius 1 is 1.08 bits per heavy atom. The molecule has 8 heteroatoms. The number of sulfonamides is 1. The van der Waals surface area contributed by atoms with Crippen LogP contribution < -0.4 is 5.73 Å². The van der Waals surface area contributed by atoms with Crippen LogP contribution in [0.2, 0.25) is 0 Å². The molecule has 1 aromatic rings. The Morgan fingerprint density at radius 2 is 1.65 bits per heavy atom. The number of aryl methyl sites for hydroxylation is 1. The lowest BCUT2D eigenvalue weighted by molar-refractivity contribution is -0.133. The zero-order chi connectivity index (χ0) is 18.4. The van der Waals surface area contributed by atoms with Crippen molar-refractivity contribution in [1.82, 2.24) is 9.21 Å². The molecule has 1 atom stereocenters. The van der Waals surface area contributed by atoms with E-state index in [1.807, 2.05) is 19.1 Å². The average Bonchev–Trinajstić information content (AvgIpc) is 2.62. The second kappa shape index (κ2) is 10.3. The number of carbonyl (C=O) groups excluding carboxylic acids is 1. The van der Waals surface area contributed by atoms with Crippen LogP contribution in [0.15, 0.2) is 29.2 Å². The first-order valence-electron chi connectivity index (χ1n) is 9.03. The fraction of sp³-hybridized carbons (Fsp3) is 0.611. The monoisotopic (exact) mass is 403 g/mol. The van der Waals surface area contributed by atoms with Crippen LogP contribution in [0.25, 0.3) is 0 Å². The molecule has 148 valence electrons. The van der Waals surface area contributed by atoms with Gasteiger partial charge < -0.3 is 10.6 Å².